The van der Waals surface area contributed by atoms with Crippen LogP contribution in [0.4, 0.5) is 0 Å². The van der Waals surface area contributed by atoms with E-state index in [1.165, 1.54) is 0 Å². The fourth-order valence-corrected chi connectivity index (χ4v) is 2.91. The molecule has 0 radical (unpaired) electrons. The summed E-state index contributed by atoms with van der Waals surface area (Å²) in [4.78, 5) is 27.8. The van der Waals surface area contributed by atoms with Gasteiger partial charge in [0.1, 0.15) is 0 Å². The van der Waals surface area contributed by atoms with Crippen LogP contribution in [0, 0.1) is 5.41 Å². The third-order valence-corrected chi connectivity index (χ3v) is 4.24. The lowest BCUT2D eigenvalue weighted by molar-refractivity contribution is -0.145. The topological polar surface area (TPSA) is 66.6 Å². The van der Waals surface area contributed by atoms with Crippen LogP contribution in [0.2, 0.25) is 0 Å². The lowest BCUT2D eigenvalue weighted by atomic mass is 9.85. The van der Waals surface area contributed by atoms with Gasteiger partial charge in [-0.05, 0) is 26.7 Å². The predicted molar refractivity (Wildman–Crippen MR) is 75.5 cm³/mol. The SMILES string of the molecule is CCN(CC)C(=O)CN(C)C(=O)C1(CN)CCCC1. The molecule has 1 aliphatic carbocycles. The lowest BCUT2D eigenvalue weighted by Gasteiger charge is -2.32. The second-order valence-electron chi connectivity index (χ2n) is 5.42. The molecule has 0 aromatic rings. The Kier molecular flexibility index (Phi) is 5.79. The van der Waals surface area contributed by atoms with Gasteiger partial charge in [-0.2, -0.15) is 0 Å². The molecule has 1 saturated carbocycles. The molecule has 5 nitrogen and oxygen atoms in total. The van der Waals surface area contributed by atoms with Crippen molar-refractivity contribution in [2.24, 2.45) is 11.1 Å². The summed E-state index contributed by atoms with van der Waals surface area (Å²) in [5.41, 5.74) is 5.39. The minimum atomic E-state index is -0.418. The lowest BCUT2D eigenvalue weighted by Crippen LogP contribution is -2.48. The number of nitrogens with two attached hydrogens (primary N) is 1. The van der Waals surface area contributed by atoms with Crippen molar-refractivity contribution in [3.8, 4) is 0 Å². The summed E-state index contributed by atoms with van der Waals surface area (Å²) in [5.74, 6) is 0.0408. The van der Waals surface area contributed by atoms with Crippen LogP contribution in [0.3, 0.4) is 0 Å². The maximum atomic E-state index is 12.5. The Morgan fingerprint density at radius 2 is 1.68 bits per heavy atom. The molecule has 1 rings (SSSR count). The first-order chi connectivity index (χ1) is 9.00. The highest BCUT2D eigenvalue weighted by atomic mass is 16.2. The molecule has 0 unspecified atom stereocenters. The highest BCUT2D eigenvalue weighted by Gasteiger charge is 2.41. The van der Waals surface area contributed by atoms with Crippen molar-refractivity contribution in [3.63, 3.8) is 0 Å². The molecule has 2 N–H and O–H groups in total. The normalized spacial score (nSPS) is 17.3. The van der Waals surface area contributed by atoms with Crippen molar-refractivity contribution in [1.82, 2.24) is 9.80 Å². The largest absolute Gasteiger partial charge is 0.342 e. The van der Waals surface area contributed by atoms with Crippen LogP contribution in [-0.4, -0.2) is 54.8 Å². The number of hydrogen-bond donors (Lipinski definition) is 1. The predicted octanol–water partition coefficient (Wildman–Crippen LogP) is 0.832. The molecule has 0 heterocycles. The minimum Gasteiger partial charge on any atom is -0.342 e. The number of carbonyl (C=O) groups excluding carboxylic acids is 2. The summed E-state index contributed by atoms with van der Waals surface area (Å²) in [6.07, 6.45) is 3.82. The number of hydrogen-bond acceptors (Lipinski definition) is 3. The first-order valence-corrected chi connectivity index (χ1v) is 7.24. The number of carbonyl (C=O) groups is 2. The van der Waals surface area contributed by atoms with E-state index >= 15 is 0 Å². The van der Waals surface area contributed by atoms with Gasteiger partial charge >= 0.3 is 0 Å². The molecule has 1 fully saturated rings. The van der Waals surface area contributed by atoms with Crippen molar-refractivity contribution in [2.75, 3.05) is 33.2 Å². The average Bonchev–Trinajstić information content (AvgIpc) is 2.89. The summed E-state index contributed by atoms with van der Waals surface area (Å²) >= 11 is 0. The van der Waals surface area contributed by atoms with Gasteiger partial charge in [0.15, 0.2) is 0 Å². The molecule has 0 saturated heterocycles. The fraction of sp³-hybridized carbons (Fsp3) is 0.857. The summed E-state index contributed by atoms with van der Waals surface area (Å²) in [7, 11) is 1.71. The van der Waals surface area contributed by atoms with Crippen LogP contribution in [0.5, 0.6) is 0 Å². The molecule has 0 atom stereocenters. The van der Waals surface area contributed by atoms with Crippen molar-refractivity contribution >= 4 is 11.8 Å². The Morgan fingerprint density at radius 1 is 1.16 bits per heavy atom. The standard InChI is InChI=1S/C14H27N3O2/c1-4-17(5-2)12(18)10-16(3)13(19)14(11-15)8-6-7-9-14/h4-11,15H2,1-3H3. The second kappa shape index (κ2) is 6.89. The first-order valence-electron chi connectivity index (χ1n) is 7.24. The maximum absolute atomic E-state index is 12.5. The Hall–Kier alpha value is -1.10. The molecule has 0 bridgehead atoms. The Bertz CT molecular complexity index is 321. The Balaban J connectivity index is 2.64. The van der Waals surface area contributed by atoms with Gasteiger partial charge in [-0.3, -0.25) is 9.59 Å². The van der Waals surface area contributed by atoms with Gasteiger partial charge in [0, 0.05) is 26.7 Å². The molecule has 110 valence electrons. The Morgan fingerprint density at radius 3 is 2.11 bits per heavy atom. The highest BCUT2D eigenvalue weighted by molar-refractivity contribution is 5.88. The zero-order valence-electron chi connectivity index (χ0n) is 12.4. The molecule has 2 amide bonds. The van der Waals surface area contributed by atoms with Gasteiger partial charge in [-0.1, -0.05) is 12.8 Å². The third-order valence-electron chi connectivity index (χ3n) is 4.24. The van der Waals surface area contributed by atoms with E-state index < -0.39 is 5.41 Å². The minimum absolute atomic E-state index is 0.00557. The number of likely N-dealkylation sites (N-methyl/N-ethyl adjacent to an activating group) is 2. The zero-order chi connectivity index (χ0) is 14.5. The quantitative estimate of drug-likeness (QED) is 0.777. The van der Waals surface area contributed by atoms with Crippen LogP contribution in [-0.2, 0) is 9.59 Å². The molecular weight excluding hydrogens is 242 g/mol. The molecule has 0 aromatic carbocycles. The van der Waals surface area contributed by atoms with Gasteiger partial charge in [0.2, 0.25) is 11.8 Å². The second-order valence-corrected chi connectivity index (χ2v) is 5.42. The van der Waals surface area contributed by atoms with E-state index in [0.717, 1.165) is 25.7 Å². The number of nitrogens with zero attached hydrogens (tertiary/aromatic N) is 2. The highest BCUT2D eigenvalue weighted by Crippen LogP contribution is 2.38. The smallest absolute Gasteiger partial charge is 0.242 e. The van der Waals surface area contributed by atoms with Gasteiger partial charge < -0.3 is 15.5 Å². The molecule has 0 aliphatic heterocycles. The van der Waals surface area contributed by atoms with E-state index in [1.807, 2.05) is 13.8 Å². The van der Waals surface area contributed by atoms with E-state index in [1.54, 1.807) is 16.8 Å². The monoisotopic (exact) mass is 269 g/mol. The van der Waals surface area contributed by atoms with E-state index in [0.29, 0.717) is 19.6 Å². The van der Waals surface area contributed by atoms with E-state index in [4.69, 9.17) is 5.73 Å². The maximum Gasteiger partial charge on any atom is 0.242 e. The van der Waals surface area contributed by atoms with Crippen LogP contribution < -0.4 is 5.73 Å². The van der Waals surface area contributed by atoms with Gasteiger partial charge in [-0.15, -0.1) is 0 Å². The number of amides is 2. The molecule has 0 aromatic heterocycles. The molecule has 1 aliphatic rings. The zero-order valence-corrected chi connectivity index (χ0v) is 12.4. The Labute approximate surface area is 116 Å². The van der Waals surface area contributed by atoms with Crippen LogP contribution in [0.25, 0.3) is 0 Å². The van der Waals surface area contributed by atoms with Gasteiger partial charge in [-0.25, -0.2) is 0 Å². The van der Waals surface area contributed by atoms with Crippen molar-refractivity contribution in [1.29, 1.82) is 0 Å². The van der Waals surface area contributed by atoms with Gasteiger partial charge in [0.05, 0.1) is 12.0 Å². The number of rotatable bonds is 6. The fourth-order valence-electron chi connectivity index (χ4n) is 2.91. The van der Waals surface area contributed by atoms with E-state index in [-0.39, 0.29) is 18.4 Å². The molecular formula is C14H27N3O2. The van der Waals surface area contributed by atoms with E-state index in [2.05, 4.69) is 0 Å². The first kappa shape index (κ1) is 16.0. The summed E-state index contributed by atoms with van der Waals surface area (Å²) in [6, 6.07) is 0. The average molecular weight is 269 g/mol. The molecule has 0 spiro atoms. The molecule has 19 heavy (non-hydrogen) atoms. The van der Waals surface area contributed by atoms with Crippen LogP contribution >= 0.6 is 0 Å². The van der Waals surface area contributed by atoms with Crippen molar-refractivity contribution in [2.45, 2.75) is 39.5 Å². The summed E-state index contributed by atoms with van der Waals surface area (Å²) < 4.78 is 0. The van der Waals surface area contributed by atoms with Crippen LogP contribution in [0.15, 0.2) is 0 Å². The van der Waals surface area contributed by atoms with Crippen molar-refractivity contribution in [3.05, 3.63) is 0 Å². The summed E-state index contributed by atoms with van der Waals surface area (Å²) in [6.45, 7) is 5.79. The van der Waals surface area contributed by atoms with Crippen molar-refractivity contribution < 1.29 is 9.59 Å². The molecule has 5 heteroatoms. The van der Waals surface area contributed by atoms with Gasteiger partial charge in [0.25, 0.3) is 0 Å². The van der Waals surface area contributed by atoms with E-state index in [9.17, 15) is 9.59 Å². The van der Waals surface area contributed by atoms with Crippen LogP contribution in [0.1, 0.15) is 39.5 Å². The summed E-state index contributed by atoms with van der Waals surface area (Å²) in [5, 5.41) is 0. The third kappa shape index (κ3) is 3.47.